The van der Waals surface area contributed by atoms with Crippen LogP contribution in [0.5, 0.6) is 0 Å². The first kappa shape index (κ1) is 21.0. The zero-order chi connectivity index (χ0) is 16.8. The van der Waals surface area contributed by atoms with E-state index in [0.29, 0.717) is 0 Å². The van der Waals surface area contributed by atoms with Crippen LogP contribution < -0.4 is 0 Å². The quantitative estimate of drug-likeness (QED) is 0.276. The molecule has 0 aliphatic carbocycles. The summed E-state index contributed by atoms with van der Waals surface area (Å²) in [5, 5.41) is 0. The third-order valence-corrected chi connectivity index (χ3v) is 4.13. The number of allylic oxidation sites excluding steroid dienone is 6. The summed E-state index contributed by atoms with van der Waals surface area (Å²) in [5.41, 5.74) is 0. The monoisotopic (exact) mass is 328 g/mol. The van der Waals surface area contributed by atoms with Gasteiger partial charge in [0.15, 0.2) is 0 Å². The summed E-state index contributed by atoms with van der Waals surface area (Å²) < 4.78 is 17.6. The van der Waals surface area contributed by atoms with Crippen molar-refractivity contribution < 1.29 is 13.6 Å². The Morgan fingerprint density at radius 2 is 0.909 bits per heavy atom. The van der Waals surface area contributed by atoms with Crippen LogP contribution in [0.25, 0.3) is 0 Å². The first-order chi connectivity index (χ1) is 10.5. The van der Waals surface area contributed by atoms with Crippen LogP contribution in [-0.4, -0.2) is 0 Å². The van der Waals surface area contributed by atoms with E-state index in [1.165, 1.54) is 0 Å². The molecular formula is C18H33O3P. The Balaban J connectivity index is 4.75. The summed E-state index contributed by atoms with van der Waals surface area (Å²) >= 11 is 0. The van der Waals surface area contributed by atoms with E-state index in [1.807, 2.05) is 20.8 Å². The van der Waals surface area contributed by atoms with E-state index in [-0.39, 0.29) is 0 Å². The molecule has 0 aliphatic heterocycles. The molecule has 0 saturated carbocycles. The topological polar surface area (TPSA) is 27.7 Å². The molecule has 0 spiro atoms. The van der Waals surface area contributed by atoms with E-state index in [2.05, 4.69) is 39.0 Å². The normalized spacial score (nSPS) is 14.7. The number of hydrogen-bond donors (Lipinski definition) is 0. The summed E-state index contributed by atoms with van der Waals surface area (Å²) in [6, 6.07) is 0. The van der Waals surface area contributed by atoms with Crippen LogP contribution in [0.15, 0.2) is 35.5 Å². The van der Waals surface area contributed by atoms with E-state index in [1.54, 1.807) is 0 Å². The molecule has 0 saturated heterocycles. The van der Waals surface area contributed by atoms with E-state index in [4.69, 9.17) is 13.6 Å². The third kappa shape index (κ3) is 11.7. The molecule has 3 nitrogen and oxygen atoms in total. The highest BCUT2D eigenvalue weighted by atomic mass is 31.2. The van der Waals surface area contributed by atoms with Crippen molar-refractivity contribution in [1.29, 1.82) is 0 Å². The van der Waals surface area contributed by atoms with Crippen LogP contribution in [0.2, 0.25) is 0 Å². The maximum Gasteiger partial charge on any atom is 0.529 e. The van der Waals surface area contributed by atoms with Gasteiger partial charge in [0.1, 0.15) is 17.3 Å². The second-order valence-electron chi connectivity index (χ2n) is 5.31. The second-order valence-corrected chi connectivity index (χ2v) is 6.30. The predicted molar refractivity (Wildman–Crippen MR) is 96.2 cm³/mol. The molecule has 0 atom stereocenters. The molecule has 0 unspecified atom stereocenters. The Labute approximate surface area is 138 Å². The van der Waals surface area contributed by atoms with Crippen molar-refractivity contribution in [2.24, 2.45) is 0 Å². The minimum atomic E-state index is -1.43. The average Bonchev–Trinajstić information content (AvgIpc) is 2.48. The molecule has 0 N–H and O–H groups in total. The lowest BCUT2D eigenvalue weighted by atomic mass is 10.3. The summed E-state index contributed by atoms with van der Waals surface area (Å²) in [6.45, 7) is 12.3. The van der Waals surface area contributed by atoms with Gasteiger partial charge in [-0.05, 0) is 58.3 Å². The van der Waals surface area contributed by atoms with Gasteiger partial charge < -0.3 is 13.6 Å². The van der Waals surface area contributed by atoms with Crippen LogP contribution >= 0.6 is 8.60 Å². The molecule has 0 bridgehead atoms. The number of rotatable bonds is 12. The van der Waals surface area contributed by atoms with Gasteiger partial charge in [-0.1, -0.05) is 40.0 Å². The van der Waals surface area contributed by atoms with Crippen molar-refractivity contribution in [1.82, 2.24) is 0 Å². The number of unbranched alkanes of at least 4 members (excludes halogenated alkanes) is 3. The highest BCUT2D eigenvalue weighted by molar-refractivity contribution is 7.42. The Morgan fingerprint density at radius 3 is 1.14 bits per heavy atom. The van der Waals surface area contributed by atoms with E-state index in [9.17, 15) is 0 Å². The van der Waals surface area contributed by atoms with Gasteiger partial charge in [-0.2, -0.15) is 0 Å². The fourth-order valence-corrected chi connectivity index (χ4v) is 2.60. The molecule has 0 rings (SSSR count). The van der Waals surface area contributed by atoms with Crippen LogP contribution in [0.3, 0.4) is 0 Å². The van der Waals surface area contributed by atoms with Crippen molar-refractivity contribution in [3.8, 4) is 0 Å². The van der Waals surface area contributed by atoms with Crippen LogP contribution in [0.1, 0.15) is 80.1 Å². The lowest BCUT2D eigenvalue weighted by Gasteiger charge is -2.19. The Hall–Kier alpha value is -0.950. The van der Waals surface area contributed by atoms with Gasteiger partial charge in [0.05, 0.1) is 0 Å². The average molecular weight is 328 g/mol. The summed E-state index contributed by atoms with van der Waals surface area (Å²) in [5.74, 6) is 2.58. The molecule has 0 aliphatic rings. The van der Waals surface area contributed by atoms with Crippen molar-refractivity contribution in [2.45, 2.75) is 80.1 Å². The van der Waals surface area contributed by atoms with Gasteiger partial charge in [-0.3, -0.25) is 0 Å². The van der Waals surface area contributed by atoms with E-state index in [0.717, 1.165) is 55.8 Å². The van der Waals surface area contributed by atoms with Crippen LogP contribution in [0, 0.1) is 0 Å². The number of hydrogen-bond acceptors (Lipinski definition) is 3. The largest absolute Gasteiger partial charge is 0.529 e. The molecular weight excluding hydrogens is 295 g/mol. The van der Waals surface area contributed by atoms with E-state index < -0.39 is 8.60 Å². The Kier molecular flexibility index (Phi) is 13.1. The standard InChI is InChI=1S/C18H33O3P/c1-7-10-13-16(4)19-22(20-17(5)14-11-8-2)21-18(6)15-12-9-3/h13-15H,7-12H2,1-6H3. The lowest BCUT2D eigenvalue weighted by molar-refractivity contribution is 0.256. The molecule has 0 radical (unpaired) electrons. The highest BCUT2D eigenvalue weighted by Gasteiger charge is 2.18. The van der Waals surface area contributed by atoms with Gasteiger partial charge in [-0.25, -0.2) is 0 Å². The first-order valence-electron chi connectivity index (χ1n) is 8.37. The summed E-state index contributed by atoms with van der Waals surface area (Å²) in [7, 11) is -1.43. The third-order valence-electron chi connectivity index (χ3n) is 2.82. The van der Waals surface area contributed by atoms with Crippen molar-refractivity contribution in [2.75, 3.05) is 0 Å². The van der Waals surface area contributed by atoms with Gasteiger partial charge in [0.2, 0.25) is 0 Å². The SMILES string of the molecule is CCCC=C(C)OP(OC(C)=CCCC)OC(C)=CCCC. The molecule has 0 aromatic carbocycles. The van der Waals surface area contributed by atoms with Gasteiger partial charge >= 0.3 is 8.60 Å². The lowest BCUT2D eigenvalue weighted by Crippen LogP contribution is -1.94. The van der Waals surface area contributed by atoms with Crippen molar-refractivity contribution in [3.05, 3.63) is 35.5 Å². The molecule has 4 heteroatoms. The molecule has 0 fully saturated rings. The Bertz CT molecular complexity index is 315. The smallest absolute Gasteiger partial charge is 0.414 e. The van der Waals surface area contributed by atoms with Gasteiger partial charge in [0.25, 0.3) is 0 Å². The summed E-state index contributed by atoms with van der Waals surface area (Å²) in [4.78, 5) is 0. The second kappa shape index (κ2) is 13.7. The van der Waals surface area contributed by atoms with Crippen LogP contribution in [-0.2, 0) is 13.6 Å². The fourth-order valence-electron chi connectivity index (χ4n) is 1.56. The maximum absolute atomic E-state index is 5.85. The van der Waals surface area contributed by atoms with Crippen molar-refractivity contribution >= 4 is 8.60 Å². The van der Waals surface area contributed by atoms with Gasteiger partial charge in [-0.15, -0.1) is 0 Å². The Morgan fingerprint density at radius 1 is 0.636 bits per heavy atom. The van der Waals surface area contributed by atoms with Crippen molar-refractivity contribution in [3.63, 3.8) is 0 Å². The minimum Gasteiger partial charge on any atom is -0.414 e. The molecule has 0 aromatic heterocycles. The zero-order valence-corrected chi connectivity index (χ0v) is 16.0. The maximum atomic E-state index is 5.85. The highest BCUT2D eigenvalue weighted by Crippen LogP contribution is 2.46. The zero-order valence-electron chi connectivity index (χ0n) is 15.1. The molecule has 0 amide bonds. The molecule has 0 aromatic rings. The molecule has 0 heterocycles. The van der Waals surface area contributed by atoms with Crippen LogP contribution in [0.4, 0.5) is 0 Å². The molecule has 128 valence electrons. The van der Waals surface area contributed by atoms with Gasteiger partial charge in [0, 0.05) is 0 Å². The minimum absolute atomic E-state index is 0.861. The first-order valence-corrected chi connectivity index (χ1v) is 9.47. The summed E-state index contributed by atoms with van der Waals surface area (Å²) in [6.07, 6.45) is 12.6. The molecule has 22 heavy (non-hydrogen) atoms. The van der Waals surface area contributed by atoms with E-state index >= 15 is 0 Å². The fraction of sp³-hybridized carbons (Fsp3) is 0.667. The predicted octanol–water partition coefficient (Wildman–Crippen LogP) is 7.37.